The number of ether oxygens (including phenoxy) is 2. The molecule has 3 rings (SSSR count). The second kappa shape index (κ2) is 8.35. The number of aryl methyl sites for hydroxylation is 1. The van der Waals surface area contributed by atoms with E-state index in [1.165, 1.54) is 0 Å². The first-order chi connectivity index (χ1) is 13.0. The van der Waals surface area contributed by atoms with Crippen molar-refractivity contribution >= 4 is 5.91 Å². The van der Waals surface area contributed by atoms with Gasteiger partial charge in [0.1, 0.15) is 11.5 Å². The first-order valence-corrected chi connectivity index (χ1v) is 8.53. The van der Waals surface area contributed by atoms with E-state index in [1.54, 1.807) is 38.3 Å². The monoisotopic (exact) mass is 367 g/mol. The summed E-state index contributed by atoms with van der Waals surface area (Å²) in [5.74, 6) is 1.75. The highest BCUT2D eigenvalue weighted by molar-refractivity contribution is 5.80. The SMILES string of the molecule is COc1cccc(OC(C)C(=O)NCc2nc(-c3cccc(C)c3)no2)c1. The van der Waals surface area contributed by atoms with E-state index in [0.29, 0.717) is 23.2 Å². The fourth-order valence-electron chi connectivity index (χ4n) is 2.47. The Morgan fingerprint density at radius 1 is 1.19 bits per heavy atom. The number of hydrogen-bond donors (Lipinski definition) is 1. The average Bonchev–Trinajstić information content (AvgIpc) is 3.15. The molecule has 0 aliphatic heterocycles. The van der Waals surface area contributed by atoms with Gasteiger partial charge in [-0.3, -0.25) is 4.79 Å². The molecule has 1 atom stereocenters. The van der Waals surface area contributed by atoms with Crippen LogP contribution in [0.2, 0.25) is 0 Å². The van der Waals surface area contributed by atoms with Gasteiger partial charge in [-0.05, 0) is 32.0 Å². The molecular weight excluding hydrogens is 346 g/mol. The molecule has 1 unspecified atom stereocenters. The van der Waals surface area contributed by atoms with Crippen molar-refractivity contribution in [3.05, 3.63) is 60.0 Å². The summed E-state index contributed by atoms with van der Waals surface area (Å²) in [5.41, 5.74) is 1.97. The van der Waals surface area contributed by atoms with E-state index in [2.05, 4.69) is 15.5 Å². The van der Waals surface area contributed by atoms with Crippen LogP contribution in [0.15, 0.2) is 53.1 Å². The Morgan fingerprint density at radius 3 is 2.74 bits per heavy atom. The van der Waals surface area contributed by atoms with Gasteiger partial charge in [0, 0.05) is 11.6 Å². The molecule has 0 bridgehead atoms. The molecule has 3 aromatic rings. The van der Waals surface area contributed by atoms with E-state index >= 15 is 0 Å². The predicted molar refractivity (Wildman–Crippen MR) is 99.4 cm³/mol. The van der Waals surface area contributed by atoms with Gasteiger partial charge >= 0.3 is 0 Å². The first-order valence-electron chi connectivity index (χ1n) is 8.53. The maximum atomic E-state index is 12.2. The van der Waals surface area contributed by atoms with Crippen molar-refractivity contribution in [2.45, 2.75) is 26.5 Å². The number of hydrogen-bond acceptors (Lipinski definition) is 6. The van der Waals surface area contributed by atoms with Gasteiger partial charge in [-0.15, -0.1) is 0 Å². The predicted octanol–water partition coefficient (Wildman–Crippen LogP) is 3.14. The largest absolute Gasteiger partial charge is 0.497 e. The summed E-state index contributed by atoms with van der Waals surface area (Å²) in [6.07, 6.45) is -0.684. The highest BCUT2D eigenvalue weighted by Gasteiger charge is 2.16. The number of nitrogens with one attached hydrogen (secondary N) is 1. The fraction of sp³-hybridized carbons (Fsp3) is 0.250. The molecule has 7 heteroatoms. The van der Waals surface area contributed by atoms with E-state index in [9.17, 15) is 4.79 Å². The molecule has 0 aliphatic rings. The lowest BCUT2D eigenvalue weighted by Crippen LogP contribution is -2.36. The highest BCUT2D eigenvalue weighted by atomic mass is 16.5. The zero-order valence-electron chi connectivity index (χ0n) is 15.4. The molecule has 0 fully saturated rings. The molecule has 0 aliphatic carbocycles. The molecule has 0 saturated heterocycles. The molecule has 1 heterocycles. The van der Waals surface area contributed by atoms with Crippen molar-refractivity contribution < 1.29 is 18.8 Å². The third-order valence-corrected chi connectivity index (χ3v) is 3.88. The van der Waals surface area contributed by atoms with Gasteiger partial charge in [0.2, 0.25) is 11.7 Å². The average molecular weight is 367 g/mol. The summed E-state index contributed by atoms with van der Waals surface area (Å²) < 4.78 is 16.0. The maximum absolute atomic E-state index is 12.2. The molecule has 0 spiro atoms. The molecule has 1 aromatic heterocycles. The molecule has 7 nitrogen and oxygen atoms in total. The third kappa shape index (κ3) is 4.84. The van der Waals surface area contributed by atoms with Gasteiger partial charge in [0.25, 0.3) is 5.91 Å². The minimum Gasteiger partial charge on any atom is -0.497 e. The van der Waals surface area contributed by atoms with E-state index in [0.717, 1.165) is 11.1 Å². The number of benzene rings is 2. The van der Waals surface area contributed by atoms with Crippen LogP contribution in [-0.2, 0) is 11.3 Å². The van der Waals surface area contributed by atoms with Crippen molar-refractivity contribution in [2.75, 3.05) is 7.11 Å². The molecule has 0 saturated carbocycles. The lowest BCUT2D eigenvalue weighted by atomic mass is 10.1. The quantitative estimate of drug-likeness (QED) is 0.690. The van der Waals surface area contributed by atoms with Crippen LogP contribution in [0.1, 0.15) is 18.4 Å². The number of rotatable bonds is 7. The lowest BCUT2D eigenvalue weighted by molar-refractivity contribution is -0.127. The standard InChI is InChI=1S/C20H21N3O4/c1-13-6-4-7-15(10-13)19-22-18(27-23-19)12-21-20(24)14(2)26-17-9-5-8-16(11-17)25-3/h4-11,14H,12H2,1-3H3,(H,21,24). The Bertz CT molecular complexity index is 923. The van der Waals surface area contributed by atoms with E-state index < -0.39 is 6.10 Å². The van der Waals surface area contributed by atoms with Crippen LogP contribution in [0.4, 0.5) is 0 Å². The Hall–Kier alpha value is -3.35. The number of carbonyl (C=O) groups is 1. The third-order valence-electron chi connectivity index (χ3n) is 3.88. The zero-order valence-corrected chi connectivity index (χ0v) is 15.4. The van der Waals surface area contributed by atoms with Gasteiger partial charge < -0.3 is 19.3 Å². The number of aromatic nitrogens is 2. The van der Waals surface area contributed by atoms with Gasteiger partial charge in [0.05, 0.1) is 13.7 Å². The molecule has 1 amide bonds. The Balaban J connectivity index is 1.55. The van der Waals surface area contributed by atoms with Gasteiger partial charge in [-0.2, -0.15) is 4.98 Å². The number of carbonyl (C=O) groups excluding carboxylic acids is 1. The smallest absolute Gasteiger partial charge is 0.261 e. The second-order valence-electron chi connectivity index (χ2n) is 6.04. The van der Waals surface area contributed by atoms with Gasteiger partial charge in [0.15, 0.2) is 6.10 Å². The van der Waals surface area contributed by atoms with Gasteiger partial charge in [-0.25, -0.2) is 0 Å². The Kier molecular flexibility index (Phi) is 5.71. The summed E-state index contributed by atoms with van der Waals surface area (Å²) >= 11 is 0. The lowest BCUT2D eigenvalue weighted by Gasteiger charge is -2.14. The summed E-state index contributed by atoms with van der Waals surface area (Å²) in [4.78, 5) is 16.5. The van der Waals surface area contributed by atoms with Crippen molar-refractivity contribution in [2.24, 2.45) is 0 Å². The van der Waals surface area contributed by atoms with Gasteiger partial charge in [-0.1, -0.05) is 35.0 Å². The normalized spacial score (nSPS) is 11.7. The van der Waals surface area contributed by atoms with E-state index in [-0.39, 0.29) is 12.5 Å². The number of amides is 1. The Labute approximate surface area is 157 Å². The van der Waals surface area contributed by atoms with E-state index in [4.69, 9.17) is 14.0 Å². The summed E-state index contributed by atoms with van der Waals surface area (Å²) in [7, 11) is 1.57. The summed E-state index contributed by atoms with van der Waals surface area (Å²) in [5, 5.41) is 6.69. The minimum absolute atomic E-state index is 0.128. The molecule has 2 aromatic carbocycles. The van der Waals surface area contributed by atoms with Crippen LogP contribution in [0.5, 0.6) is 11.5 Å². The summed E-state index contributed by atoms with van der Waals surface area (Å²) in [6, 6.07) is 14.9. The zero-order chi connectivity index (χ0) is 19.2. The summed E-state index contributed by atoms with van der Waals surface area (Å²) in [6.45, 7) is 3.79. The molecule has 140 valence electrons. The number of nitrogens with zero attached hydrogens (tertiary/aromatic N) is 2. The molecule has 0 radical (unpaired) electrons. The fourth-order valence-corrected chi connectivity index (χ4v) is 2.47. The van der Waals surface area contributed by atoms with Crippen molar-refractivity contribution in [3.63, 3.8) is 0 Å². The van der Waals surface area contributed by atoms with Crippen molar-refractivity contribution in [1.29, 1.82) is 0 Å². The van der Waals surface area contributed by atoms with Crippen LogP contribution in [0.25, 0.3) is 11.4 Å². The second-order valence-corrected chi connectivity index (χ2v) is 6.04. The number of methoxy groups -OCH3 is 1. The molecular formula is C20H21N3O4. The molecule has 27 heavy (non-hydrogen) atoms. The highest BCUT2D eigenvalue weighted by Crippen LogP contribution is 2.20. The molecule has 1 N–H and O–H groups in total. The van der Waals surface area contributed by atoms with Crippen LogP contribution in [-0.4, -0.2) is 29.3 Å². The first kappa shape index (κ1) is 18.4. The van der Waals surface area contributed by atoms with Crippen LogP contribution in [0, 0.1) is 6.92 Å². The van der Waals surface area contributed by atoms with Crippen LogP contribution < -0.4 is 14.8 Å². The van der Waals surface area contributed by atoms with Crippen molar-refractivity contribution in [1.82, 2.24) is 15.5 Å². The van der Waals surface area contributed by atoms with Crippen LogP contribution >= 0.6 is 0 Å². The van der Waals surface area contributed by atoms with Crippen molar-refractivity contribution in [3.8, 4) is 22.9 Å². The van der Waals surface area contributed by atoms with E-state index in [1.807, 2.05) is 31.2 Å². The minimum atomic E-state index is -0.684. The maximum Gasteiger partial charge on any atom is 0.261 e. The topological polar surface area (TPSA) is 86.5 Å². The van der Waals surface area contributed by atoms with Crippen LogP contribution in [0.3, 0.4) is 0 Å². The Morgan fingerprint density at radius 2 is 1.96 bits per heavy atom.